The van der Waals surface area contributed by atoms with Crippen molar-refractivity contribution in [3.8, 4) is 0 Å². The highest BCUT2D eigenvalue weighted by Crippen LogP contribution is 2.35. The van der Waals surface area contributed by atoms with Crippen molar-refractivity contribution in [3.05, 3.63) is 28.5 Å². The van der Waals surface area contributed by atoms with Gasteiger partial charge >= 0.3 is 0 Å². The number of nitrogens with two attached hydrogens (primary N) is 1. The minimum atomic E-state index is -4.13. The number of carbonyl (C=O) groups excluding carboxylic acids is 1. The lowest BCUT2D eigenvalue weighted by Crippen LogP contribution is -2.53. The predicted molar refractivity (Wildman–Crippen MR) is 77.1 cm³/mol. The molecule has 8 heteroatoms. The highest BCUT2D eigenvalue weighted by molar-refractivity contribution is 7.89. The maximum Gasteiger partial charge on any atom is 0.254 e. The first-order valence-corrected chi connectivity index (χ1v) is 8.45. The lowest BCUT2D eigenvalue weighted by Gasteiger charge is -2.42. The summed E-state index contributed by atoms with van der Waals surface area (Å²) in [6.45, 7) is 1.94. The second-order valence-electron chi connectivity index (χ2n) is 5.25. The molecule has 1 aromatic carbocycles. The number of halogens is 2. The number of rotatable bonds is 4. The summed E-state index contributed by atoms with van der Waals surface area (Å²) >= 11 is 5.66. The Morgan fingerprint density at radius 3 is 2.52 bits per heavy atom. The Bertz CT molecular complexity index is 681. The molecule has 116 valence electrons. The monoisotopic (exact) mass is 334 g/mol. The van der Waals surface area contributed by atoms with Crippen LogP contribution in [0.25, 0.3) is 0 Å². The molecule has 0 unspecified atom stereocenters. The smallest absolute Gasteiger partial charge is 0.254 e. The third-order valence-electron chi connectivity index (χ3n) is 3.94. The standard InChI is InChI=1S/C13H16ClFN2O3S/c1-2-13(4-3-5-13)17-12(18)8-6-11(21(16,19)20)9(14)7-10(8)15/h6-7H,2-5H2,1H3,(H,17,18)(H2,16,19,20). The van der Waals surface area contributed by atoms with Crippen molar-refractivity contribution in [2.75, 3.05) is 0 Å². The van der Waals surface area contributed by atoms with E-state index >= 15 is 0 Å². The molecule has 0 aliphatic heterocycles. The Hall–Kier alpha value is -1.18. The van der Waals surface area contributed by atoms with Crippen LogP contribution in [-0.2, 0) is 10.0 Å². The number of hydrogen-bond donors (Lipinski definition) is 2. The fraction of sp³-hybridized carbons (Fsp3) is 0.462. The molecule has 21 heavy (non-hydrogen) atoms. The van der Waals surface area contributed by atoms with Crippen LogP contribution < -0.4 is 10.5 Å². The molecule has 0 atom stereocenters. The molecule has 1 saturated carbocycles. The first-order valence-electron chi connectivity index (χ1n) is 6.53. The number of nitrogens with one attached hydrogen (secondary N) is 1. The maximum absolute atomic E-state index is 13.9. The van der Waals surface area contributed by atoms with E-state index in [1.807, 2.05) is 6.92 Å². The summed E-state index contributed by atoms with van der Waals surface area (Å²) in [5, 5.41) is 7.43. The Balaban J connectivity index is 2.37. The van der Waals surface area contributed by atoms with Gasteiger partial charge in [-0.1, -0.05) is 18.5 Å². The summed E-state index contributed by atoms with van der Waals surface area (Å²) in [4.78, 5) is 11.7. The largest absolute Gasteiger partial charge is 0.347 e. The fourth-order valence-corrected chi connectivity index (χ4v) is 3.49. The van der Waals surface area contributed by atoms with Crippen LogP contribution in [-0.4, -0.2) is 19.9 Å². The van der Waals surface area contributed by atoms with Crippen LogP contribution in [0.3, 0.4) is 0 Å². The van der Waals surface area contributed by atoms with E-state index in [0.717, 1.165) is 37.8 Å². The average Bonchev–Trinajstić information content (AvgIpc) is 2.31. The zero-order chi connectivity index (χ0) is 15.8. The molecule has 1 aromatic rings. The highest BCUT2D eigenvalue weighted by atomic mass is 35.5. The number of carbonyl (C=O) groups is 1. The first kappa shape index (κ1) is 16.2. The Kier molecular flexibility index (Phi) is 4.28. The molecule has 0 heterocycles. The van der Waals surface area contributed by atoms with Crippen molar-refractivity contribution in [1.82, 2.24) is 5.32 Å². The quantitative estimate of drug-likeness (QED) is 0.884. The van der Waals surface area contributed by atoms with Crippen molar-refractivity contribution >= 4 is 27.5 Å². The van der Waals surface area contributed by atoms with Gasteiger partial charge in [0.25, 0.3) is 5.91 Å². The SMILES string of the molecule is CCC1(NC(=O)c2cc(S(N)(=O)=O)c(Cl)cc2F)CCC1. The number of amides is 1. The molecular weight excluding hydrogens is 319 g/mol. The van der Waals surface area contributed by atoms with Gasteiger partial charge in [0.1, 0.15) is 10.7 Å². The normalized spacial score (nSPS) is 17.1. The molecule has 5 nitrogen and oxygen atoms in total. The van der Waals surface area contributed by atoms with Gasteiger partial charge in [0.15, 0.2) is 0 Å². The van der Waals surface area contributed by atoms with Gasteiger partial charge in [-0.2, -0.15) is 0 Å². The molecule has 1 amide bonds. The van der Waals surface area contributed by atoms with Crippen LogP contribution in [0.15, 0.2) is 17.0 Å². The van der Waals surface area contributed by atoms with Crippen LogP contribution in [0.4, 0.5) is 4.39 Å². The van der Waals surface area contributed by atoms with Crippen LogP contribution in [0.5, 0.6) is 0 Å². The molecule has 1 aliphatic rings. The minimum absolute atomic E-state index is 0.328. The van der Waals surface area contributed by atoms with E-state index in [0.29, 0.717) is 0 Å². The third kappa shape index (κ3) is 3.20. The number of primary sulfonamides is 1. The predicted octanol–water partition coefficient (Wildman–Crippen LogP) is 2.19. The van der Waals surface area contributed by atoms with Crippen LogP contribution in [0, 0.1) is 5.82 Å². The summed E-state index contributed by atoms with van der Waals surface area (Å²) in [6.07, 6.45) is 3.38. The summed E-state index contributed by atoms with van der Waals surface area (Å²) < 4.78 is 36.7. The molecule has 0 radical (unpaired) electrons. The van der Waals surface area contributed by atoms with E-state index in [9.17, 15) is 17.6 Å². The summed E-state index contributed by atoms with van der Waals surface area (Å²) in [5.74, 6) is -1.54. The second kappa shape index (κ2) is 5.55. The minimum Gasteiger partial charge on any atom is -0.347 e. The van der Waals surface area contributed by atoms with Gasteiger partial charge in [0.2, 0.25) is 10.0 Å². The van der Waals surface area contributed by atoms with Crippen LogP contribution >= 0.6 is 11.6 Å². The van der Waals surface area contributed by atoms with Crippen molar-refractivity contribution in [2.45, 2.75) is 43.0 Å². The van der Waals surface area contributed by atoms with Crippen LogP contribution in [0.1, 0.15) is 43.0 Å². The van der Waals surface area contributed by atoms with Crippen molar-refractivity contribution < 1.29 is 17.6 Å². The zero-order valence-electron chi connectivity index (χ0n) is 11.4. The van der Waals surface area contributed by atoms with Gasteiger partial charge in [-0.25, -0.2) is 17.9 Å². The lowest BCUT2D eigenvalue weighted by molar-refractivity contribution is 0.0816. The highest BCUT2D eigenvalue weighted by Gasteiger charge is 2.37. The Morgan fingerprint density at radius 2 is 2.10 bits per heavy atom. The number of hydrogen-bond acceptors (Lipinski definition) is 3. The van der Waals surface area contributed by atoms with E-state index in [2.05, 4.69) is 5.32 Å². The van der Waals surface area contributed by atoms with Crippen molar-refractivity contribution in [1.29, 1.82) is 0 Å². The van der Waals surface area contributed by atoms with Crippen molar-refractivity contribution in [2.24, 2.45) is 5.14 Å². The molecule has 3 N–H and O–H groups in total. The van der Waals surface area contributed by atoms with Gasteiger partial charge < -0.3 is 5.32 Å². The van der Waals surface area contributed by atoms with Gasteiger partial charge in [0, 0.05) is 5.54 Å². The Labute approximate surface area is 127 Å². The van der Waals surface area contributed by atoms with Gasteiger partial charge in [-0.3, -0.25) is 4.79 Å². The summed E-state index contributed by atoms with van der Waals surface area (Å²) in [5.41, 5.74) is -0.701. The van der Waals surface area contributed by atoms with E-state index in [1.54, 1.807) is 0 Å². The number of sulfonamides is 1. The van der Waals surface area contributed by atoms with Gasteiger partial charge in [0.05, 0.1) is 10.6 Å². The van der Waals surface area contributed by atoms with Gasteiger partial charge in [-0.05, 0) is 37.8 Å². The third-order valence-corrected chi connectivity index (χ3v) is 5.31. The zero-order valence-corrected chi connectivity index (χ0v) is 13.0. The Morgan fingerprint density at radius 1 is 1.48 bits per heavy atom. The molecule has 2 rings (SSSR count). The average molecular weight is 335 g/mol. The van der Waals surface area contributed by atoms with E-state index < -0.39 is 26.6 Å². The maximum atomic E-state index is 13.9. The summed E-state index contributed by atoms with van der Waals surface area (Å²) in [7, 11) is -4.13. The molecule has 0 spiro atoms. The summed E-state index contributed by atoms with van der Waals surface area (Å²) in [6, 6.07) is 1.67. The molecule has 1 fully saturated rings. The second-order valence-corrected chi connectivity index (χ2v) is 7.19. The molecule has 0 aromatic heterocycles. The molecule has 0 bridgehead atoms. The van der Waals surface area contributed by atoms with Crippen LogP contribution in [0.2, 0.25) is 5.02 Å². The topological polar surface area (TPSA) is 89.3 Å². The molecule has 1 aliphatic carbocycles. The first-order chi connectivity index (χ1) is 9.68. The molecule has 0 saturated heterocycles. The fourth-order valence-electron chi connectivity index (χ4n) is 2.40. The van der Waals surface area contributed by atoms with E-state index in [-0.39, 0.29) is 16.1 Å². The van der Waals surface area contributed by atoms with Gasteiger partial charge in [-0.15, -0.1) is 0 Å². The number of benzene rings is 1. The van der Waals surface area contributed by atoms with E-state index in [1.165, 1.54) is 0 Å². The van der Waals surface area contributed by atoms with E-state index in [4.69, 9.17) is 16.7 Å². The van der Waals surface area contributed by atoms with Crippen molar-refractivity contribution in [3.63, 3.8) is 0 Å². The molecular formula is C13H16ClFN2O3S. The lowest BCUT2D eigenvalue weighted by atomic mass is 9.74.